The fraction of sp³-hybridized carbons (Fsp3) is 0.611. The van der Waals surface area contributed by atoms with Crippen molar-refractivity contribution in [3.63, 3.8) is 0 Å². The van der Waals surface area contributed by atoms with E-state index >= 15 is 0 Å². The van der Waals surface area contributed by atoms with Crippen molar-refractivity contribution in [3.05, 3.63) is 29.8 Å². The molecular formula is C18H30N2O3. The van der Waals surface area contributed by atoms with Crippen molar-refractivity contribution in [1.29, 1.82) is 0 Å². The smallest absolute Gasteiger partial charge is 0.338 e. The van der Waals surface area contributed by atoms with Crippen molar-refractivity contribution in [2.24, 2.45) is 0 Å². The van der Waals surface area contributed by atoms with Gasteiger partial charge in [0.25, 0.3) is 0 Å². The highest BCUT2D eigenvalue weighted by Gasteiger charge is 2.25. The molecule has 1 N–H and O–H groups in total. The number of hydroxylamine groups is 2. The number of benzene rings is 1. The maximum absolute atomic E-state index is 12.2. The summed E-state index contributed by atoms with van der Waals surface area (Å²) in [5, 5.41) is 5.04. The number of unbranched alkanes of at least 4 members (excludes halogenated alkanes) is 1. The number of carbonyl (C=O) groups is 1. The largest absolute Gasteiger partial charge is 0.454 e. The van der Waals surface area contributed by atoms with E-state index in [2.05, 4.69) is 12.2 Å². The van der Waals surface area contributed by atoms with Gasteiger partial charge in [-0.25, -0.2) is 4.79 Å². The molecule has 0 bridgehead atoms. The molecule has 0 amide bonds. The molecular weight excluding hydrogens is 292 g/mol. The molecule has 0 unspecified atom stereocenters. The summed E-state index contributed by atoms with van der Waals surface area (Å²) in [6.45, 7) is 9.87. The van der Waals surface area contributed by atoms with E-state index < -0.39 is 5.60 Å². The number of hydrogen-bond donors (Lipinski definition) is 1. The lowest BCUT2D eigenvalue weighted by molar-refractivity contribution is -0.177. The van der Waals surface area contributed by atoms with Crippen LogP contribution in [-0.2, 0) is 9.57 Å². The van der Waals surface area contributed by atoms with Crippen LogP contribution < -0.4 is 5.32 Å². The van der Waals surface area contributed by atoms with Crippen LogP contribution in [0, 0.1) is 0 Å². The Balaban J connectivity index is 2.53. The standard InChI is InChI=1S/C18H30N2O3/c1-6-8-13-19-16-11-9-15(10-12-16)17(21)23-18(3,4)14-22-20(5)7-2/h9-12,19H,6-8,13-14H2,1-5H3. The number of carbonyl (C=O) groups excluding carboxylic acids is 1. The molecule has 0 saturated carbocycles. The Bertz CT molecular complexity index is 472. The van der Waals surface area contributed by atoms with Crippen molar-refractivity contribution in [2.75, 3.05) is 32.1 Å². The Kier molecular flexibility index (Phi) is 8.06. The van der Waals surface area contributed by atoms with Gasteiger partial charge in [-0.15, -0.1) is 0 Å². The SMILES string of the molecule is CCCCNc1ccc(C(=O)OC(C)(C)CON(C)CC)cc1. The quantitative estimate of drug-likeness (QED) is 0.404. The summed E-state index contributed by atoms with van der Waals surface area (Å²) in [7, 11) is 1.85. The molecule has 0 atom stereocenters. The van der Waals surface area contributed by atoms with Crippen LogP contribution >= 0.6 is 0 Å². The molecule has 0 spiro atoms. The van der Waals surface area contributed by atoms with Crippen LogP contribution in [0.3, 0.4) is 0 Å². The molecule has 130 valence electrons. The number of hydrogen-bond acceptors (Lipinski definition) is 5. The average molecular weight is 322 g/mol. The van der Waals surface area contributed by atoms with Crippen molar-refractivity contribution in [2.45, 2.75) is 46.1 Å². The summed E-state index contributed by atoms with van der Waals surface area (Å²) in [6.07, 6.45) is 2.28. The van der Waals surface area contributed by atoms with E-state index in [1.165, 1.54) is 0 Å². The van der Waals surface area contributed by atoms with Crippen LogP contribution in [0.4, 0.5) is 5.69 Å². The molecule has 0 aromatic heterocycles. The zero-order chi connectivity index (χ0) is 17.3. The fourth-order valence-electron chi connectivity index (χ4n) is 1.83. The third-order valence-electron chi connectivity index (χ3n) is 3.43. The minimum absolute atomic E-state index is 0.319. The lowest BCUT2D eigenvalue weighted by Crippen LogP contribution is -2.36. The van der Waals surface area contributed by atoms with Crippen LogP contribution in [0.25, 0.3) is 0 Å². The average Bonchev–Trinajstić information content (AvgIpc) is 2.53. The van der Waals surface area contributed by atoms with Gasteiger partial charge >= 0.3 is 5.97 Å². The molecule has 1 rings (SSSR count). The second kappa shape index (κ2) is 9.53. The predicted octanol–water partition coefficient (Wildman–Crippen LogP) is 3.72. The van der Waals surface area contributed by atoms with E-state index in [-0.39, 0.29) is 5.97 Å². The first-order chi connectivity index (χ1) is 10.9. The van der Waals surface area contributed by atoms with E-state index in [4.69, 9.17) is 9.57 Å². The fourth-order valence-corrected chi connectivity index (χ4v) is 1.83. The van der Waals surface area contributed by atoms with Crippen molar-refractivity contribution < 1.29 is 14.4 Å². The minimum atomic E-state index is -0.682. The number of nitrogens with zero attached hydrogens (tertiary/aromatic N) is 1. The van der Waals surface area contributed by atoms with E-state index in [1.807, 2.05) is 40.0 Å². The van der Waals surface area contributed by atoms with E-state index in [0.717, 1.165) is 31.6 Å². The molecule has 5 nitrogen and oxygen atoms in total. The second-order valence-electron chi connectivity index (χ2n) is 6.22. The summed E-state index contributed by atoms with van der Waals surface area (Å²) in [6, 6.07) is 7.37. The van der Waals surface area contributed by atoms with Crippen LogP contribution in [0.15, 0.2) is 24.3 Å². The molecule has 0 radical (unpaired) electrons. The summed E-state index contributed by atoms with van der Waals surface area (Å²) in [4.78, 5) is 17.7. The molecule has 0 fully saturated rings. The second-order valence-corrected chi connectivity index (χ2v) is 6.22. The molecule has 1 aromatic carbocycles. The summed E-state index contributed by atoms with van der Waals surface area (Å²) >= 11 is 0. The number of anilines is 1. The van der Waals surface area contributed by atoms with E-state index in [9.17, 15) is 4.79 Å². The molecule has 0 heterocycles. The van der Waals surface area contributed by atoms with Gasteiger partial charge < -0.3 is 10.1 Å². The van der Waals surface area contributed by atoms with Gasteiger partial charge in [0.05, 0.1) is 5.56 Å². The van der Waals surface area contributed by atoms with Gasteiger partial charge in [-0.3, -0.25) is 4.84 Å². The van der Waals surface area contributed by atoms with Gasteiger partial charge in [0, 0.05) is 25.8 Å². The Morgan fingerprint density at radius 1 is 1.22 bits per heavy atom. The number of rotatable bonds is 10. The van der Waals surface area contributed by atoms with Gasteiger partial charge in [-0.1, -0.05) is 20.3 Å². The number of esters is 1. The Morgan fingerprint density at radius 3 is 2.43 bits per heavy atom. The summed E-state index contributed by atoms with van der Waals surface area (Å²) < 4.78 is 5.55. The third-order valence-corrected chi connectivity index (χ3v) is 3.43. The highest BCUT2D eigenvalue weighted by atomic mass is 16.7. The zero-order valence-electron chi connectivity index (χ0n) is 15.0. The van der Waals surface area contributed by atoms with Crippen molar-refractivity contribution >= 4 is 11.7 Å². The first-order valence-corrected chi connectivity index (χ1v) is 8.29. The number of ether oxygens (including phenoxy) is 1. The number of nitrogens with one attached hydrogen (secondary N) is 1. The topological polar surface area (TPSA) is 50.8 Å². The van der Waals surface area contributed by atoms with E-state index in [0.29, 0.717) is 12.2 Å². The van der Waals surface area contributed by atoms with Gasteiger partial charge in [-0.2, -0.15) is 5.06 Å². The third kappa shape index (κ3) is 7.48. The summed E-state index contributed by atoms with van der Waals surface area (Å²) in [5.74, 6) is -0.335. The van der Waals surface area contributed by atoms with Crippen LogP contribution in [0.5, 0.6) is 0 Å². The predicted molar refractivity (Wildman–Crippen MR) is 93.6 cm³/mol. The van der Waals surface area contributed by atoms with Gasteiger partial charge in [0.2, 0.25) is 0 Å². The van der Waals surface area contributed by atoms with Crippen LogP contribution in [-0.4, -0.2) is 43.4 Å². The van der Waals surface area contributed by atoms with Gasteiger partial charge in [-0.05, 0) is 44.5 Å². The Morgan fingerprint density at radius 2 is 1.87 bits per heavy atom. The first kappa shape index (κ1) is 19.5. The molecule has 0 aliphatic heterocycles. The lowest BCUT2D eigenvalue weighted by atomic mass is 10.1. The van der Waals surface area contributed by atoms with Gasteiger partial charge in [0.15, 0.2) is 0 Å². The van der Waals surface area contributed by atoms with Crippen LogP contribution in [0.1, 0.15) is 50.9 Å². The van der Waals surface area contributed by atoms with Gasteiger partial charge in [0.1, 0.15) is 12.2 Å². The molecule has 1 aromatic rings. The molecule has 0 aliphatic rings. The van der Waals surface area contributed by atoms with E-state index in [1.54, 1.807) is 17.2 Å². The molecule has 23 heavy (non-hydrogen) atoms. The Hall–Kier alpha value is -1.59. The lowest BCUT2D eigenvalue weighted by Gasteiger charge is -2.27. The normalized spacial score (nSPS) is 11.6. The van der Waals surface area contributed by atoms with Crippen LogP contribution in [0.2, 0.25) is 0 Å². The Labute approximate surface area is 139 Å². The van der Waals surface area contributed by atoms with Crippen molar-refractivity contribution in [1.82, 2.24) is 5.06 Å². The van der Waals surface area contributed by atoms with Crippen molar-refractivity contribution in [3.8, 4) is 0 Å². The zero-order valence-corrected chi connectivity index (χ0v) is 15.0. The molecule has 5 heteroatoms. The highest BCUT2D eigenvalue weighted by Crippen LogP contribution is 2.16. The summed E-state index contributed by atoms with van der Waals surface area (Å²) in [5.41, 5.74) is 0.878. The molecule has 0 saturated heterocycles. The molecule has 0 aliphatic carbocycles. The minimum Gasteiger partial charge on any atom is -0.454 e. The monoisotopic (exact) mass is 322 g/mol. The first-order valence-electron chi connectivity index (χ1n) is 8.29. The maximum atomic E-state index is 12.2. The maximum Gasteiger partial charge on any atom is 0.338 e. The highest BCUT2D eigenvalue weighted by molar-refractivity contribution is 5.90.